The fraction of sp³-hybridized carbons (Fsp3) is 0.783. The SMILES string of the molecule is C/C(C=O)=C\[C@H]1CC[C@H]2[C@@H]3CC=C4C[C@@H](O)CC[C@]4(C)[C@H]3CC[C@]12C. The average Bonchev–Trinajstić information content (AvgIpc) is 2.92. The number of hydrogen-bond acceptors (Lipinski definition) is 2. The van der Waals surface area contributed by atoms with Crippen LogP contribution in [0.4, 0.5) is 0 Å². The number of aliphatic hydroxyl groups is 1. The van der Waals surface area contributed by atoms with Crippen molar-refractivity contribution in [3.05, 3.63) is 23.3 Å². The predicted octanol–water partition coefficient (Wildman–Crippen LogP) is 5.07. The highest BCUT2D eigenvalue weighted by Crippen LogP contribution is 2.66. The van der Waals surface area contributed by atoms with E-state index in [2.05, 4.69) is 26.0 Å². The molecule has 4 aliphatic carbocycles. The molecule has 0 heterocycles. The van der Waals surface area contributed by atoms with Crippen molar-refractivity contribution in [3.63, 3.8) is 0 Å². The topological polar surface area (TPSA) is 37.3 Å². The summed E-state index contributed by atoms with van der Waals surface area (Å²) in [6.45, 7) is 6.96. The molecule has 0 aliphatic heterocycles. The largest absolute Gasteiger partial charge is 0.393 e. The smallest absolute Gasteiger partial charge is 0.145 e. The first kappa shape index (κ1) is 17.5. The van der Waals surface area contributed by atoms with Crippen molar-refractivity contribution in [2.75, 3.05) is 0 Å². The zero-order valence-corrected chi connectivity index (χ0v) is 16.1. The Balaban J connectivity index is 1.63. The number of allylic oxidation sites excluding steroid dienone is 3. The number of hydrogen-bond donors (Lipinski definition) is 1. The van der Waals surface area contributed by atoms with Gasteiger partial charge in [-0.15, -0.1) is 0 Å². The average molecular weight is 343 g/mol. The molecule has 1 N–H and O–H groups in total. The van der Waals surface area contributed by atoms with Gasteiger partial charge in [-0.2, -0.15) is 0 Å². The molecule has 4 aliphatic rings. The van der Waals surface area contributed by atoms with Crippen LogP contribution in [0.3, 0.4) is 0 Å². The van der Waals surface area contributed by atoms with E-state index in [1.807, 2.05) is 6.92 Å². The summed E-state index contributed by atoms with van der Waals surface area (Å²) >= 11 is 0. The number of fused-ring (bicyclic) bond motifs is 5. The Morgan fingerprint density at radius 1 is 1.16 bits per heavy atom. The summed E-state index contributed by atoms with van der Waals surface area (Å²) in [4.78, 5) is 11.1. The molecule has 0 spiro atoms. The molecular formula is C23H34O2. The Bertz CT molecular complexity index is 618. The van der Waals surface area contributed by atoms with Crippen LogP contribution in [0.15, 0.2) is 23.3 Å². The van der Waals surface area contributed by atoms with Gasteiger partial charge in [0.15, 0.2) is 0 Å². The number of carbonyl (C=O) groups is 1. The highest BCUT2D eigenvalue weighted by molar-refractivity contribution is 5.72. The van der Waals surface area contributed by atoms with Crippen molar-refractivity contribution in [1.29, 1.82) is 0 Å². The van der Waals surface area contributed by atoms with Gasteiger partial charge in [0.05, 0.1) is 6.10 Å². The van der Waals surface area contributed by atoms with Gasteiger partial charge in [0.2, 0.25) is 0 Å². The van der Waals surface area contributed by atoms with Crippen LogP contribution in [0.25, 0.3) is 0 Å². The van der Waals surface area contributed by atoms with Gasteiger partial charge < -0.3 is 5.11 Å². The third kappa shape index (κ3) is 2.59. The van der Waals surface area contributed by atoms with Crippen molar-refractivity contribution in [3.8, 4) is 0 Å². The minimum atomic E-state index is -0.114. The number of carbonyl (C=O) groups excluding carboxylic acids is 1. The van der Waals surface area contributed by atoms with Crippen molar-refractivity contribution in [2.45, 2.75) is 78.2 Å². The molecule has 3 saturated carbocycles. The molecule has 0 saturated heterocycles. The first-order valence-corrected chi connectivity index (χ1v) is 10.4. The quantitative estimate of drug-likeness (QED) is 0.432. The second-order valence-electron chi connectivity index (χ2n) is 9.91. The van der Waals surface area contributed by atoms with E-state index in [4.69, 9.17) is 0 Å². The molecule has 0 aromatic rings. The minimum Gasteiger partial charge on any atom is -0.393 e. The lowest BCUT2D eigenvalue weighted by atomic mass is 9.47. The second kappa shape index (κ2) is 6.08. The lowest BCUT2D eigenvalue weighted by molar-refractivity contribution is -0.104. The molecule has 0 aromatic carbocycles. The Kier molecular flexibility index (Phi) is 4.26. The van der Waals surface area contributed by atoms with Gasteiger partial charge >= 0.3 is 0 Å². The zero-order valence-electron chi connectivity index (χ0n) is 16.1. The predicted molar refractivity (Wildman–Crippen MR) is 101 cm³/mol. The molecular weight excluding hydrogens is 308 g/mol. The van der Waals surface area contributed by atoms with Crippen LogP contribution in [0.1, 0.15) is 72.1 Å². The lowest BCUT2D eigenvalue weighted by Crippen LogP contribution is -2.50. The maximum atomic E-state index is 11.1. The molecule has 0 aromatic heterocycles. The second-order valence-corrected chi connectivity index (χ2v) is 9.91. The highest BCUT2D eigenvalue weighted by atomic mass is 16.3. The lowest BCUT2D eigenvalue weighted by Gasteiger charge is -2.58. The summed E-state index contributed by atoms with van der Waals surface area (Å²) in [6, 6.07) is 0. The molecule has 0 radical (unpaired) electrons. The normalized spacial score (nSPS) is 49.7. The van der Waals surface area contributed by atoms with E-state index in [-0.39, 0.29) is 6.10 Å². The maximum Gasteiger partial charge on any atom is 0.145 e. The van der Waals surface area contributed by atoms with Crippen LogP contribution >= 0.6 is 0 Å². The van der Waals surface area contributed by atoms with Gasteiger partial charge in [-0.25, -0.2) is 0 Å². The molecule has 2 heteroatoms. The molecule has 0 unspecified atom stereocenters. The van der Waals surface area contributed by atoms with Crippen LogP contribution in [0.2, 0.25) is 0 Å². The van der Waals surface area contributed by atoms with Crippen molar-refractivity contribution in [2.24, 2.45) is 34.5 Å². The Hall–Kier alpha value is -0.890. The fourth-order valence-electron chi connectivity index (χ4n) is 7.31. The Morgan fingerprint density at radius 2 is 1.96 bits per heavy atom. The molecule has 2 nitrogen and oxygen atoms in total. The molecule has 0 amide bonds. The minimum absolute atomic E-state index is 0.114. The van der Waals surface area contributed by atoms with Crippen molar-refractivity contribution in [1.82, 2.24) is 0 Å². The van der Waals surface area contributed by atoms with Gasteiger partial charge in [0.1, 0.15) is 6.29 Å². The summed E-state index contributed by atoms with van der Waals surface area (Å²) in [5, 5.41) is 10.1. The number of aliphatic hydroxyl groups excluding tert-OH is 1. The van der Waals surface area contributed by atoms with Crippen molar-refractivity contribution >= 4 is 6.29 Å². The van der Waals surface area contributed by atoms with Crippen LogP contribution in [0, 0.1) is 34.5 Å². The van der Waals surface area contributed by atoms with Gasteiger partial charge in [-0.05, 0) is 98.4 Å². The summed E-state index contributed by atoms with van der Waals surface area (Å²) in [6.07, 6.45) is 15.2. The van der Waals surface area contributed by atoms with E-state index in [0.717, 1.165) is 48.9 Å². The van der Waals surface area contributed by atoms with Crippen LogP contribution in [-0.4, -0.2) is 17.5 Å². The standard InChI is InChI=1S/C23H34O2/c1-15(14-24)12-16-5-7-20-19-6-4-17-13-18(25)8-10-22(17,2)21(19)9-11-23(16,20)3/h4,12,14,16,18-21,25H,5-11,13H2,1-3H3/b15-12+/t16-,18+,19+,20+,21+,22+,23-/m1/s1. The van der Waals surface area contributed by atoms with Gasteiger partial charge in [0, 0.05) is 0 Å². The number of rotatable bonds is 2. The maximum absolute atomic E-state index is 11.1. The van der Waals surface area contributed by atoms with Crippen LogP contribution in [0.5, 0.6) is 0 Å². The third-order valence-electron chi connectivity index (χ3n) is 8.80. The van der Waals surface area contributed by atoms with Gasteiger partial charge in [0.25, 0.3) is 0 Å². The monoisotopic (exact) mass is 342 g/mol. The summed E-state index contributed by atoms with van der Waals surface area (Å²) < 4.78 is 0. The van der Waals surface area contributed by atoms with E-state index in [9.17, 15) is 9.90 Å². The van der Waals surface area contributed by atoms with Crippen LogP contribution < -0.4 is 0 Å². The van der Waals surface area contributed by atoms with Gasteiger partial charge in [-0.3, -0.25) is 4.79 Å². The first-order chi connectivity index (χ1) is 11.9. The number of aldehydes is 1. The van der Waals surface area contributed by atoms with E-state index in [0.29, 0.717) is 16.7 Å². The molecule has 4 rings (SSSR count). The molecule has 138 valence electrons. The summed E-state index contributed by atoms with van der Waals surface area (Å²) in [7, 11) is 0. The zero-order chi connectivity index (χ0) is 17.8. The highest BCUT2D eigenvalue weighted by Gasteiger charge is 2.58. The van der Waals surface area contributed by atoms with Crippen molar-refractivity contribution < 1.29 is 9.90 Å². The summed E-state index contributed by atoms with van der Waals surface area (Å²) in [5.41, 5.74) is 3.17. The van der Waals surface area contributed by atoms with Gasteiger partial charge in [-0.1, -0.05) is 31.6 Å². The molecule has 3 fully saturated rings. The van der Waals surface area contributed by atoms with E-state index < -0.39 is 0 Å². The Labute approximate surface area is 152 Å². The fourth-order valence-corrected chi connectivity index (χ4v) is 7.31. The summed E-state index contributed by atoms with van der Waals surface area (Å²) in [5.74, 6) is 2.98. The molecule has 0 bridgehead atoms. The molecule has 7 atom stereocenters. The van der Waals surface area contributed by atoms with Crippen LogP contribution in [-0.2, 0) is 4.79 Å². The van der Waals surface area contributed by atoms with E-state index >= 15 is 0 Å². The van der Waals surface area contributed by atoms with E-state index in [1.165, 1.54) is 32.1 Å². The Morgan fingerprint density at radius 3 is 2.72 bits per heavy atom. The molecule has 25 heavy (non-hydrogen) atoms. The third-order valence-corrected chi connectivity index (χ3v) is 8.80. The first-order valence-electron chi connectivity index (χ1n) is 10.4. The van der Waals surface area contributed by atoms with E-state index in [1.54, 1.807) is 5.57 Å².